The summed E-state index contributed by atoms with van der Waals surface area (Å²) in [5, 5.41) is 8.20. The van der Waals surface area contributed by atoms with Crippen molar-refractivity contribution in [2.75, 3.05) is 20.6 Å². The third-order valence-electron chi connectivity index (χ3n) is 6.35. The van der Waals surface area contributed by atoms with Crippen LogP contribution in [0.3, 0.4) is 0 Å². The molecule has 2 aliphatic heterocycles. The van der Waals surface area contributed by atoms with Crippen molar-refractivity contribution in [2.45, 2.75) is 31.8 Å². The number of likely N-dealkylation sites (tertiary alicyclic amines) is 1. The van der Waals surface area contributed by atoms with Crippen LogP contribution in [-0.2, 0) is 17.8 Å². The van der Waals surface area contributed by atoms with Gasteiger partial charge in [-0.1, -0.05) is 18.2 Å². The van der Waals surface area contributed by atoms with Gasteiger partial charge in [0, 0.05) is 42.3 Å². The molecule has 0 saturated carbocycles. The number of rotatable bonds is 3. The summed E-state index contributed by atoms with van der Waals surface area (Å²) in [4.78, 5) is 28.4. The molecule has 6 heteroatoms. The van der Waals surface area contributed by atoms with Crippen molar-refractivity contribution in [3.05, 3.63) is 59.3 Å². The minimum atomic E-state index is -0.250. The quantitative estimate of drug-likeness (QED) is 0.651. The molecule has 0 aliphatic carbocycles. The Morgan fingerprint density at radius 1 is 1.20 bits per heavy atom. The zero-order chi connectivity index (χ0) is 21.3. The van der Waals surface area contributed by atoms with E-state index in [1.165, 1.54) is 47.0 Å². The maximum absolute atomic E-state index is 12.3. The predicted molar refractivity (Wildman–Crippen MR) is 118 cm³/mol. The van der Waals surface area contributed by atoms with E-state index >= 15 is 0 Å². The smallest absolute Gasteiger partial charge is 0.290 e. The number of benzene rings is 2. The Balaban J connectivity index is 0.000000687. The molecule has 0 unspecified atom stereocenters. The Morgan fingerprint density at radius 2 is 1.97 bits per heavy atom. The van der Waals surface area contributed by atoms with Crippen LogP contribution in [-0.4, -0.2) is 59.0 Å². The van der Waals surface area contributed by atoms with E-state index in [0.29, 0.717) is 12.6 Å². The zero-order valence-electron chi connectivity index (χ0n) is 17.4. The fourth-order valence-corrected chi connectivity index (χ4v) is 4.75. The SMILES string of the molecule is CN1Cc2c(cccc2-c2ccc3[nH]cc(C[C@@H]4CCCN4C)c3c2)C1=O.O=CO. The van der Waals surface area contributed by atoms with Crippen molar-refractivity contribution >= 4 is 23.3 Å². The van der Waals surface area contributed by atoms with Crippen LogP contribution in [0.15, 0.2) is 42.6 Å². The summed E-state index contributed by atoms with van der Waals surface area (Å²) in [6.45, 7) is 1.64. The third kappa shape index (κ3) is 3.59. The number of aromatic amines is 1. The molecule has 30 heavy (non-hydrogen) atoms. The lowest BCUT2D eigenvalue weighted by Gasteiger charge is -2.18. The van der Waals surface area contributed by atoms with Crippen LogP contribution in [0.4, 0.5) is 0 Å². The molecule has 1 saturated heterocycles. The van der Waals surface area contributed by atoms with Crippen molar-refractivity contribution in [2.24, 2.45) is 0 Å². The Labute approximate surface area is 176 Å². The number of carboxylic acid groups (broad SMARTS) is 1. The molecule has 0 radical (unpaired) electrons. The van der Waals surface area contributed by atoms with Crippen molar-refractivity contribution < 1.29 is 14.7 Å². The highest BCUT2D eigenvalue weighted by Crippen LogP contribution is 2.34. The number of aromatic nitrogens is 1. The van der Waals surface area contributed by atoms with E-state index in [0.717, 1.165) is 17.5 Å². The van der Waals surface area contributed by atoms with Crippen LogP contribution in [0.2, 0.25) is 0 Å². The van der Waals surface area contributed by atoms with Gasteiger partial charge in [-0.2, -0.15) is 0 Å². The van der Waals surface area contributed by atoms with Gasteiger partial charge in [0.1, 0.15) is 0 Å². The lowest BCUT2D eigenvalue weighted by atomic mass is 9.95. The van der Waals surface area contributed by atoms with Gasteiger partial charge in [0.15, 0.2) is 0 Å². The normalized spacial score (nSPS) is 18.4. The first kappa shape index (κ1) is 20.2. The average molecular weight is 405 g/mol. The van der Waals surface area contributed by atoms with E-state index < -0.39 is 0 Å². The number of carbonyl (C=O) groups is 2. The maximum Gasteiger partial charge on any atom is 0.290 e. The maximum atomic E-state index is 12.3. The molecule has 2 aromatic carbocycles. The molecule has 3 heterocycles. The van der Waals surface area contributed by atoms with Crippen LogP contribution in [0, 0.1) is 0 Å². The fourth-order valence-electron chi connectivity index (χ4n) is 4.75. The highest BCUT2D eigenvalue weighted by Gasteiger charge is 2.27. The third-order valence-corrected chi connectivity index (χ3v) is 6.35. The lowest BCUT2D eigenvalue weighted by molar-refractivity contribution is -0.122. The van der Waals surface area contributed by atoms with Crippen LogP contribution in [0.25, 0.3) is 22.0 Å². The van der Waals surface area contributed by atoms with Crippen molar-refractivity contribution in [1.82, 2.24) is 14.8 Å². The number of likely N-dealkylation sites (N-methyl/N-ethyl adjacent to an activating group) is 1. The molecule has 156 valence electrons. The highest BCUT2D eigenvalue weighted by atomic mass is 16.3. The summed E-state index contributed by atoms with van der Waals surface area (Å²) >= 11 is 0. The average Bonchev–Trinajstić information content (AvgIpc) is 3.41. The topological polar surface area (TPSA) is 76.6 Å². The molecule has 1 aromatic heterocycles. The second kappa shape index (κ2) is 8.32. The van der Waals surface area contributed by atoms with Crippen LogP contribution in [0.5, 0.6) is 0 Å². The zero-order valence-corrected chi connectivity index (χ0v) is 17.4. The van der Waals surface area contributed by atoms with Gasteiger partial charge >= 0.3 is 0 Å². The summed E-state index contributed by atoms with van der Waals surface area (Å²) < 4.78 is 0. The highest BCUT2D eigenvalue weighted by molar-refractivity contribution is 6.01. The summed E-state index contributed by atoms with van der Waals surface area (Å²) in [6, 6.07) is 13.4. The number of nitrogens with one attached hydrogen (secondary N) is 1. The second-order valence-corrected chi connectivity index (χ2v) is 8.15. The van der Waals surface area contributed by atoms with E-state index in [9.17, 15) is 4.79 Å². The largest absolute Gasteiger partial charge is 0.483 e. The van der Waals surface area contributed by atoms with Crippen molar-refractivity contribution in [3.8, 4) is 11.1 Å². The fraction of sp³-hybridized carbons (Fsp3) is 0.333. The molecular formula is C24H27N3O3. The number of fused-ring (bicyclic) bond motifs is 2. The number of H-pyrrole nitrogens is 1. The summed E-state index contributed by atoms with van der Waals surface area (Å²) in [5.74, 6) is 0.125. The van der Waals surface area contributed by atoms with Crippen LogP contribution in [0.1, 0.15) is 34.3 Å². The van der Waals surface area contributed by atoms with Gasteiger partial charge in [0.05, 0.1) is 0 Å². The van der Waals surface area contributed by atoms with Crippen LogP contribution < -0.4 is 0 Å². The Hall–Kier alpha value is -3.12. The van der Waals surface area contributed by atoms with Gasteiger partial charge < -0.3 is 19.9 Å². The van der Waals surface area contributed by atoms with E-state index in [-0.39, 0.29) is 12.4 Å². The van der Waals surface area contributed by atoms with Gasteiger partial charge in [-0.05, 0) is 73.3 Å². The molecular weight excluding hydrogens is 378 g/mol. The van der Waals surface area contributed by atoms with E-state index in [1.54, 1.807) is 4.90 Å². The lowest BCUT2D eigenvalue weighted by Crippen LogP contribution is -2.26. The molecule has 2 N–H and O–H groups in total. The van der Waals surface area contributed by atoms with Crippen LogP contribution >= 0.6 is 0 Å². The summed E-state index contributed by atoms with van der Waals surface area (Å²) in [7, 11) is 4.11. The first-order chi connectivity index (χ1) is 14.5. The van der Waals surface area contributed by atoms with Gasteiger partial charge in [-0.3, -0.25) is 9.59 Å². The second-order valence-electron chi connectivity index (χ2n) is 8.15. The first-order valence-electron chi connectivity index (χ1n) is 10.3. The molecule has 1 fully saturated rings. The number of amides is 1. The molecule has 5 rings (SSSR count). The van der Waals surface area contributed by atoms with Crippen molar-refractivity contribution in [1.29, 1.82) is 0 Å². The minimum absolute atomic E-state index is 0.125. The summed E-state index contributed by atoms with van der Waals surface area (Å²) in [6.07, 6.45) is 5.84. The number of carbonyl (C=O) groups excluding carboxylic acids is 1. The predicted octanol–water partition coefficient (Wildman–Crippen LogP) is 3.76. The van der Waals surface area contributed by atoms with Gasteiger partial charge in [-0.25, -0.2) is 0 Å². The molecule has 3 aromatic rings. The Morgan fingerprint density at radius 3 is 2.70 bits per heavy atom. The molecule has 6 nitrogen and oxygen atoms in total. The van der Waals surface area contributed by atoms with E-state index in [4.69, 9.17) is 9.90 Å². The molecule has 0 spiro atoms. The monoisotopic (exact) mass is 405 g/mol. The standard InChI is InChI=1S/C23H25N3O.CH2O2/c1-25-10-4-5-17(25)11-16-13-24-22-9-8-15(12-20(16)22)18-6-3-7-19-21(18)14-26(2)23(19)27;2-1-3/h3,6-9,12-13,17,24H,4-5,10-11,14H2,1-2H3;1H,(H,2,3)/t17-;/m0./s1. The first-order valence-corrected chi connectivity index (χ1v) is 10.3. The minimum Gasteiger partial charge on any atom is -0.483 e. The van der Waals surface area contributed by atoms with Crippen molar-refractivity contribution in [3.63, 3.8) is 0 Å². The molecule has 1 amide bonds. The molecule has 1 atom stereocenters. The molecule has 2 aliphatic rings. The summed E-state index contributed by atoms with van der Waals surface area (Å²) in [5.41, 5.74) is 6.95. The number of nitrogens with zero attached hydrogens (tertiary/aromatic N) is 2. The Kier molecular flexibility index (Phi) is 5.59. The van der Waals surface area contributed by atoms with Gasteiger partial charge in [0.25, 0.3) is 12.4 Å². The van der Waals surface area contributed by atoms with E-state index in [1.807, 2.05) is 19.2 Å². The number of hydrogen-bond donors (Lipinski definition) is 2. The number of hydrogen-bond acceptors (Lipinski definition) is 3. The van der Waals surface area contributed by atoms with E-state index in [2.05, 4.69) is 47.4 Å². The Bertz CT molecular complexity index is 1090. The van der Waals surface area contributed by atoms with Gasteiger partial charge in [-0.15, -0.1) is 0 Å². The molecule has 0 bridgehead atoms. The van der Waals surface area contributed by atoms with Gasteiger partial charge in [0.2, 0.25) is 0 Å².